The molecule has 7 heteroatoms. The van der Waals surface area contributed by atoms with E-state index in [9.17, 15) is 4.79 Å². The van der Waals surface area contributed by atoms with Crippen LogP contribution in [0.4, 0.5) is 5.82 Å². The minimum atomic E-state index is -0.159. The Kier molecular flexibility index (Phi) is 5.00. The molecular formula is C21H18ClN5O. The lowest BCUT2D eigenvalue weighted by atomic mass is 10.1. The number of aromatic amines is 1. The molecule has 140 valence electrons. The molecule has 0 saturated carbocycles. The second kappa shape index (κ2) is 7.75. The molecule has 1 saturated heterocycles. The maximum absolute atomic E-state index is 12.5. The fraction of sp³-hybridized carbons (Fsp3) is 0.190. The number of nitriles is 1. The lowest BCUT2D eigenvalue weighted by Gasteiger charge is -2.16. The van der Waals surface area contributed by atoms with Crippen LogP contribution < -0.4 is 10.2 Å². The second-order valence-corrected chi connectivity index (χ2v) is 7.18. The summed E-state index contributed by atoms with van der Waals surface area (Å²) in [6.45, 7) is 1.50. The Morgan fingerprint density at radius 1 is 1.25 bits per heavy atom. The molecular weight excluding hydrogens is 374 g/mol. The van der Waals surface area contributed by atoms with Crippen LogP contribution in [-0.4, -0.2) is 35.2 Å². The highest BCUT2D eigenvalue weighted by atomic mass is 35.5. The highest BCUT2D eigenvalue weighted by molar-refractivity contribution is 6.30. The van der Waals surface area contributed by atoms with Crippen LogP contribution in [0.3, 0.4) is 0 Å². The standard InChI is InChI=1S/C21H18ClN5O/c22-17-6-4-15(5-7-17)19-11-20(26-25-19)27-9-8-18(13-27)24-21(28)16-3-1-2-14(10-16)12-23/h1-7,10-11,18H,8-9,13H2,(H,24,28)(H,25,26)/t18-/m0/s1. The van der Waals surface area contributed by atoms with Gasteiger partial charge in [-0.05, 0) is 42.3 Å². The van der Waals surface area contributed by atoms with E-state index in [0.29, 0.717) is 22.7 Å². The summed E-state index contributed by atoms with van der Waals surface area (Å²) in [6.07, 6.45) is 0.840. The summed E-state index contributed by atoms with van der Waals surface area (Å²) < 4.78 is 0. The number of rotatable bonds is 4. The van der Waals surface area contributed by atoms with Crippen molar-refractivity contribution in [1.29, 1.82) is 5.26 Å². The van der Waals surface area contributed by atoms with Crippen LogP contribution in [-0.2, 0) is 0 Å². The monoisotopic (exact) mass is 391 g/mol. The van der Waals surface area contributed by atoms with Crippen molar-refractivity contribution in [3.05, 3.63) is 70.7 Å². The molecule has 3 aromatic rings. The Labute approximate surface area is 167 Å². The zero-order valence-corrected chi connectivity index (χ0v) is 15.8. The van der Waals surface area contributed by atoms with E-state index in [1.165, 1.54) is 0 Å². The Morgan fingerprint density at radius 3 is 2.86 bits per heavy atom. The van der Waals surface area contributed by atoms with Crippen molar-refractivity contribution in [2.45, 2.75) is 12.5 Å². The molecule has 0 radical (unpaired) electrons. The summed E-state index contributed by atoms with van der Waals surface area (Å²) in [6, 6.07) is 18.4. The van der Waals surface area contributed by atoms with Crippen molar-refractivity contribution < 1.29 is 4.79 Å². The summed E-state index contributed by atoms with van der Waals surface area (Å²) in [7, 11) is 0. The average Bonchev–Trinajstić information content (AvgIpc) is 3.38. The van der Waals surface area contributed by atoms with Gasteiger partial charge in [0.1, 0.15) is 0 Å². The molecule has 0 unspecified atom stereocenters. The zero-order valence-electron chi connectivity index (χ0n) is 15.0. The van der Waals surface area contributed by atoms with E-state index in [1.54, 1.807) is 24.3 Å². The number of anilines is 1. The van der Waals surface area contributed by atoms with Crippen molar-refractivity contribution in [2.24, 2.45) is 0 Å². The first-order chi connectivity index (χ1) is 13.6. The second-order valence-electron chi connectivity index (χ2n) is 6.74. The zero-order chi connectivity index (χ0) is 19.5. The Morgan fingerprint density at radius 2 is 2.07 bits per heavy atom. The van der Waals surface area contributed by atoms with Gasteiger partial charge in [0.15, 0.2) is 5.82 Å². The van der Waals surface area contributed by atoms with Gasteiger partial charge in [0.05, 0.1) is 17.3 Å². The first kappa shape index (κ1) is 18.1. The number of carbonyl (C=O) groups excluding carboxylic acids is 1. The van der Waals surface area contributed by atoms with Crippen LogP contribution in [0.15, 0.2) is 54.6 Å². The van der Waals surface area contributed by atoms with E-state index >= 15 is 0 Å². The van der Waals surface area contributed by atoms with Crippen LogP contribution >= 0.6 is 11.6 Å². The normalized spacial score (nSPS) is 16.0. The molecule has 2 aromatic carbocycles. The molecule has 1 aliphatic heterocycles. The van der Waals surface area contributed by atoms with Gasteiger partial charge in [0.2, 0.25) is 0 Å². The molecule has 4 rings (SSSR count). The van der Waals surface area contributed by atoms with Gasteiger partial charge in [-0.15, -0.1) is 0 Å². The number of carbonyl (C=O) groups is 1. The molecule has 1 aliphatic rings. The minimum Gasteiger partial charge on any atom is -0.353 e. The van der Waals surface area contributed by atoms with Crippen LogP contribution in [0, 0.1) is 11.3 Å². The molecule has 1 atom stereocenters. The molecule has 1 fully saturated rings. The van der Waals surface area contributed by atoms with Gasteiger partial charge in [-0.1, -0.05) is 29.8 Å². The number of hydrogen-bond acceptors (Lipinski definition) is 4. The molecule has 0 spiro atoms. The average molecular weight is 392 g/mol. The summed E-state index contributed by atoms with van der Waals surface area (Å²) >= 11 is 5.94. The van der Waals surface area contributed by atoms with Crippen molar-refractivity contribution in [2.75, 3.05) is 18.0 Å². The maximum Gasteiger partial charge on any atom is 0.251 e. The minimum absolute atomic E-state index is 0.0360. The Hall–Kier alpha value is -3.30. The van der Waals surface area contributed by atoms with E-state index in [4.69, 9.17) is 16.9 Å². The molecule has 2 heterocycles. The van der Waals surface area contributed by atoms with E-state index in [1.807, 2.05) is 30.3 Å². The number of amides is 1. The largest absolute Gasteiger partial charge is 0.353 e. The third kappa shape index (κ3) is 3.85. The Bertz CT molecular complexity index is 1040. The number of nitrogens with zero attached hydrogens (tertiary/aromatic N) is 3. The lowest BCUT2D eigenvalue weighted by molar-refractivity contribution is 0.0940. The van der Waals surface area contributed by atoms with E-state index in [0.717, 1.165) is 30.0 Å². The quantitative estimate of drug-likeness (QED) is 0.711. The molecule has 0 bridgehead atoms. The van der Waals surface area contributed by atoms with Crippen molar-refractivity contribution in [3.63, 3.8) is 0 Å². The van der Waals surface area contributed by atoms with Crippen LogP contribution in [0.1, 0.15) is 22.3 Å². The molecule has 1 aromatic heterocycles. The van der Waals surface area contributed by atoms with Gasteiger partial charge >= 0.3 is 0 Å². The van der Waals surface area contributed by atoms with Gasteiger partial charge in [0.25, 0.3) is 5.91 Å². The summed E-state index contributed by atoms with van der Waals surface area (Å²) in [5, 5.41) is 20.2. The molecule has 2 N–H and O–H groups in total. The third-order valence-corrected chi connectivity index (χ3v) is 5.07. The smallest absolute Gasteiger partial charge is 0.251 e. The molecule has 1 amide bonds. The number of benzene rings is 2. The van der Waals surface area contributed by atoms with Crippen molar-refractivity contribution in [3.8, 4) is 17.3 Å². The van der Waals surface area contributed by atoms with Crippen LogP contribution in [0.5, 0.6) is 0 Å². The predicted molar refractivity (Wildman–Crippen MR) is 108 cm³/mol. The van der Waals surface area contributed by atoms with Gasteiger partial charge in [-0.25, -0.2) is 0 Å². The fourth-order valence-electron chi connectivity index (χ4n) is 3.34. The summed E-state index contributed by atoms with van der Waals surface area (Å²) in [5.74, 6) is 0.695. The number of halogens is 1. The number of aromatic nitrogens is 2. The van der Waals surface area contributed by atoms with Gasteiger partial charge in [-0.2, -0.15) is 10.4 Å². The topological polar surface area (TPSA) is 84.8 Å². The third-order valence-electron chi connectivity index (χ3n) is 4.82. The van der Waals surface area contributed by atoms with Crippen LogP contribution in [0.2, 0.25) is 5.02 Å². The van der Waals surface area contributed by atoms with Gasteiger partial charge in [-0.3, -0.25) is 9.89 Å². The first-order valence-corrected chi connectivity index (χ1v) is 9.37. The Balaban J connectivity index is 1.40. The van der Waals surface area contributed by atoms with E-state index in [2.05, 4.69) is 26.5 Å². The highest BCUT2D eigenvalue weighted by Crippen LogP contribution is 2.25. The van der Waals surface area contributed by atoms with Crippen LogP contribution in [0.25, 0.3) is 11.3 Å². The first-order valence-electron chi connectivity index (χ1n) is 9.00. The summed E-state index contributed by atoms with van der Waals surface area (Å²) in [4.78, 5) is 14.6. The fourth-order valence-corrected chi connectivity index (χ4v) is 3.46. The highest BCUT2D eigenvalue weighted by Gasteiger charge is 2.26. The summed E-state index contributed by atoms with van der Waals surface area (Å²) in [5.41, 5.74) is 2.92. The van der Waals surface area contributed by atoms with E-state index < -0.39 is 0 Å². The number of H-pyrrole nitrogens is 1. The SMILES string of the molecule is N#Cc1cccc(C(=O)N[C@H]2CCN(c3cc(-c4ccc(Cl)cc4)[nH]n3)C2)c1. The predicted octanol–water partition coefficient (Wildman–Crippen LogP) is 3.61. The van der Waals surface area contributed by atoms with Gasteiger partial charge in [0, 0.05) is 35.8 Å². The number of nitrogens with one attached hydrogen (secondary N) is 2. The van der Waals surface area contributed by atoms with Crippen molar-refractivity contribution >= 4 is 23.3 Å². The molecule has 0 aliphatic carbocycles. The lowest BCUT2D eigenvalue weighted by Crippen LogP contribution is -2.37. The molecule has 28 heavy (non-hydrogen) atoms. The van der Waals surface area contributed by atoms with Gasteiger partial charge < -0.3 is 10.2 Å². The van der Waals surface area contributed by atoms with E-state index in [-0.39, 0.29) is 11.9 Å². The van der Waals surface area contributed by atoms with Crippen molar-refractivity contribution in [1.82, 2.24) is 15.5 Å². The molecule has 6 nitrogen and oxygen atoms in total. The maximum atomic E-state index is 12.5. The number of hydrogen-bond donors (Lipinski definition) is 2.